The molecule has 0 spiro atoms. The van der Waals surface area contributed by atoms with Gasteiger partial charge in [-0.05, 0) is 23.8 Å². The van der Waals surface area contributed by atoms with Crippen LogP contribution in [0.1, 0.15) is 36.6 Å². The Morgan fingerprint density at radius 2 is 1.53 bits per heavy atom. The molecule has 1 fully saturated rings. The molecule has 0 aromatic heterocycles. The summed E-state index contributed by atoms with van der Waals surface area (Å²) in [5.74, 6) is -1.08. The second kappa shape index (κ2) is 7.66. The number of piperazine rings is 1. The van der Waals surface area contributed by atoms with E-state index in [2.05, 4.69) is 0 Å². The van der Waals surface area contributed by atoms with E-state index in [1.165, 1.54) is 21.3 Å². The third-order valence-electron chi connectivity index (χ3n) is 5.40. The number of rotatable bonds is 4. The van der Waals surface area contributed by atoms with E-state index in [-0.39, 0.29) is 55.7 Å². The first-order valence-electron chi connectivity index (χ1n) is 9.54. The number of carbonyl (C=O) groups excluding carboxylic acids is 3. The molecular formula is C21H21N3O5S. The molecule has 2 aliphatic heterocycles. The number of nitrogens with zero attached hydrogens (tertiary/aromatic N) is 3. The van der Waals surface area contributed by atoms with E-state index in [9.17, 15) is 22.8 Å². The number of hydrogen-bond acceptors (Lipinski definition) is 5. The van der Waals surface area contributed by atoms with Crippen LogP contribution in [0.2, 0.25) is 0 Å². The van der Waals surface area contributed by atoms with E-state index in [4.69, 9.17) is 0 Å². The van der Waals surface area contributed by atoms with Crippen LogP contribution in [-0.2, 0) is 16.6 Å². The summed E-state index contributed by atoms with van der Waals surface area (Å²) in [5.41, 5.74) is 1.65. The van der Waals surface area contributed by atoms with E-state index < -0.39 is 15.9 Å². The minimum absolute atomic E-state index is 0.171. The molecule has 2 heterocycles. The molecule has 0 saturated carbocycles. The molecule has 0 bridgehead atoms. The van der Waals surface area contributed by atoms with Gasteiger partial charge in [0.1, 0.15) is 0 Å². The maximum Gasteiger partial charge on any atom is 0.261 e. The third-order valence-corrected chi connectivity index (χ3v) is 6.70. The van der Waals surface area contributed by atoms with Gasteiger partial charge >= 0.3 is 0 Å². The van der Waals surface area contributed by atoms with Crippen molar-refractivity contribution in [2.45, 2.75) is 6.54 Å². The van der Waals surface area contributed by atoms with Gasteiger partial charge in [0.25, 0.3) is 17.7 Å². The number of amides is 3. The molecule has 0 atom stereocenters. The van der Waals surface area contributed by atoms with Crippen molar-refractivity contribution in [2.75, 3.05) is 32.4 Å². The van der Waals surface area contributed by atoms with Gasteiger partial charge in [-0.1, -0.05) is 30.3 Å². The predicted octanol–water partition coefficient (Wildman–Crippen LogP) is 1.20. The summed E-state index contributed by atoms with van der Waals surface area (Å²) in [6, 6.07) is 13.7. The molecule has 156 valence electrons. The Morgan fingerprint density at radius 1 is 0.900 bits per heavy atom. The first-order chi connectivity index (χ1) is 14.3. The molecule has 0 unspecified atom stereocenters. The molecule has 2 aliphatic rings. The van der Waals surface area contributed by atoms with Crippen molar-refractivity contribution in [1.29, 1.82) is 0 Å². The first-order valence-corrected chi connectivity index (χ1v) is 11.4. The van der Waals surface area contributed by atoms with Crippen molar-refractivity contribution in [2.24, 2.45) is 0 Å². The van der Waals surface area contributed by atoms with Gasteiger partial charge in [-0.25, -0.2) is 8.42 Å². The fourth-order valence-electron chi connectivity index (χ4n) is 3.74. The Balaban J connectivity index is 1.51. The monoisotopic (exact) mass is 427 g/mol. The van der Waals surface area contributed by atoms with Crippen LogP contribution in [0.5, 0.6) is 0 Å². The number of hydrogen-bond donors (Lipinski definition) is 0. The summed E-state index contributed by atoms with van der Waals surface area (Å²) in [6.45, 7) is 1.19. The molecule has 30 heavy (non-hydrogen) atoms. The van der Waals surface area contributed by atoms with Crippen molar-refractivity contribution in [3.63, 3.8) is 0 Å². The lowest BCUT2D eigenvalue weighted by Crippen LogP contribution is -2.50. The zero-order chi connectivity index (χ0) is 21.5. The second-order valence-electron chi connectivity index (χ2n) is 7.40. The SMILES string of the molecule is CS(=O)(=O)N1CCN(C(=O)c2ccc3c(c2)C(=O)N(Cc2ccccc2)C3=O)CC1. The van der Waals surface area contributed by atoms with Gasteiger partial charge in [0.2, 0.25) is 10.0 Å². The molecule has 2 aromatic carbocycles. The van der Waals surface area contributed by atoms with Crippen LogP contribution < -0.4 is 0 Å². The lowest BCUT2D eigenvalue weighted by atomic mass is 10.0. The number of sulfonamides is 1. The minimum atomic E-state index is -3.29. The summed E-state index contributed by atoms with van der Waals surface area (Å²) in [6.07, 6.45) is 1.15. The van der Waals surface area contributed by atoms with E-state index >= 15 is 0 Å². The molecule has 8 nitrogen and oxygen atoms in total. The molecular weight excluding hydrogens is 406 g/mol. The molecule has 0 radical (unpaired) electrons. The zero-order valence-corrected chi connectivity index (χ0v) is 17.3. The highest BCUT2D eigenvalue weighted by Crippen LogP contribution is 2.26. The van der Waals surface area contributed by atoms with Gasteiger partial charge in [0.05, 0.1) is 23.9 Å². The van der Waals surface area contributed by atoms with E-state index in [0.717, 1.165) is 11.8 Å². The number of fused-ring (bicyclic) bond motifs is 1. The highest BCUT2D eigenvalue weighted by Gasteiger charge is 2.36. The summed E-state index contributed by atoms with van der Waals surface area (Å²) >= 11 is 0. The van der Waals surface area contributed by atoms with Crippen molar-refractivity contribution < 1.29 is 22.8 Å². The molecule has 4 rings (SSSR count). The summed E-state index contributed by atoms with van der Waals surface area (Å²) in [4.78, 5) is 41.1. The molecule has 9 heteroatoms. The molecule has 0 aliphatic carbocycles. The van der Waals surface area contributed by atoms with E-state index in [1.807, 2.05) is 30.3 Å². The third kappa shape index (κ3) is 3.73. The van der Waals surface area contributed by atoms with Crippen LogP contribution in [0, 0.1) is 0 Å². The van der Waals surface area contributed by atoms with Crippen LogP contribution in [0.3, 0.4) is 0 Å². The topological polar surface area (TPSA) is 95.1 Å². The Bertz CT molecular complexity index is 1120. The van der Waals surface area contributed by atoms with Crippen molar-refractivity contribution >= 4 is 27.7 Å². The number of benzene rings is 2. The Morgan fingerprint density at radius 3 is 2.17 bits per heavy atom. The first kappa shape index (κ1) is 20.2. The molecule has 3 amide bonds. The lowest BCUT2D eigenvalue weighted by Gasteiger charge is -2.33. The molecule has 0 N–H and O–H groups in total. The number of imide groups is 1. The standard InChI is InChI=1S/C21H21N3O5S/c1-30(28,29)23-11-9-22(10-12-23)19(25)16-7-8-17-18(13-16)21(27)24(20(17)26)14-15-5-3-2-4-6-15/h2-8,13H,9-12,14H2,1H3. The van der Waals surface area contributed by atoms with Gasteiger partial charge < -0.3 is 4.90 Å². The smallest absolute Gasteiger partial charge is 0.261 e. The Labute approximate surface area is 174 Å². The summed E-state index contributed by atoms with van der Waals surface area (Å²) in [5, 5.41) is 0. The van der Waals surface area contributed by atoms with Crippen molar-refractivity contribution in [1.82, 2.24) is 14.1 Å². The molecule has 1 saturated heterocycles. The predicted molar refractivity (Wildman–Crippen MR) is 109 cm³/mol. The Hall–Kier alpha value is -3.04. The van der Waals surface area contributed by atoms with Gasteiger partial charge in [0, 0.05) is 31.7 Å². The van der Waals surface area contributed by atoms with Crippen LogP contribution in [0.4, 0.5) is 0 Å². The largest absolute Gasteiger partial charge is 0.336 e. The minimum Gasteiger partial charge on any atom is -0.336 e. The lowest BCUT2D eigenvalue weighted by molar-refractivity contribution is 0.0641. The number of carbonyl (C=O) groups is 3. The normalized spacial score (nSPS) is 17.4. The second-order valence-corrected chi connectivity index (χ2v) is 9.38. The van der Waals surface area contributed by atoms with Crippen molar-refractivity contribution in [3.05, 3.63) is 70.8 Å². The zero-order valence-electron chi connectivity index (χ0n) is 16.4. The van der Waals surface area contributed by atoms with Gasteiger partial charge in [-0.3, -0.25) is 19.3 Å². The highest BCUT2D eigenvalue weighted by molar-refractivity contribution is 7.88. The maximum absolute atomic E-state index is 12.9. The van der Waals surface area contributed by atoms with Crippen molar-refractivity contribution in [3.8, 4) is 0 Å². The average molecular weight is 427 g/mol. The van der Waals surface area contributed by atoms with E-state index in [0.29, 0.717) is 5.56 Å². The maximum atomic E-state index is 12.9. The molecule has 2 aromatic rings. The van der Waals surface area contributed by atoms with Crippen LogP contribution in [0.25, 0.3) is 0 Å². The fourth-order valence-corrected chi connectivity index (χ4v) is 4.57. The highest BCUT2D eigenvalue weighted by atomic mass is 32.2. The van der Waals surface area contributed by atoms with Crippen LogP contribution in [-0.4, -0.2) is 72.7 Å². The average Bonchev–Trinajstić information content (AvgIpc) is 2.98. The summed E-state index contributed by atoms with van der Waals surface area (Å²) in [7, 11) is -3.29. The quantitative estimate of drug-likeness (QED) is 0.684. The summed E-state index contributed by atoms with van der Waals surface area (Å²) < 4.78 is 24.6. The van der Waals surface area contributed by atoms with Crippen LogP contribution in [0.15, 0.2) is 48.5 Å². The van der Waals surface area contributed by atoms with Crippen LogP contribution >= 0.6 is 0 Å². The Kier molecular flexibility index (Phi) is 5.17. The van der Waals surface area contributed by atoms with Gasteiger partial charge in [0.15, 0.2) is 0 Å². The fraction of sp³-hybridized carbons (Fsp3) is 0.286. The van der Waals surface area contributed by atoms with Gasteiger partial charge in [-0.15, -0.1) is 0 Å². The van der Waals surface area contributed by atoms with Gasteiger partial charge in [-0.2, -0.15) is 4.31 Å². The van der Waals surface area contributed by atoms with E-state index in [1.54, 1.807) is 11.0 Å².